The van der Waals surface area contributed by atoms with Crippen LogP contribution in [0.2, 0.25) is 0 Å². The molecule has 1 saturated heterocycles. The van der Waals surface area contributed by atoms with E-state index in [4.69, 9.17) is 4.74 Å². The molecule has 0 saturated carbocycles. The van der Waals surface area contributed by atoms with Gasteiger partial charge in [0.05, 0.1) is 30.6 Å². The maximum atomic E-state index is 13.5. The molecule has 2 atom stereocenters. The summed E-state index contributed by atoms with van der Waals surface area (Å²) in [6.07, 6.45) is 0. The lowest BCUT2D eigenvalue weighted by Gasteiger charge is -2.27. The molecule has 2 N–H and O–H groups in total. The van der Waals surface area contributed by atoms with Crippen molar-refractivity contribution in [2.75, 3.05) is 30.4 Å². The van der Waals surface area contributed by atoms with Gasteiger partial charge in [0.25, 0.3) is 0 Å². The topological polar surface area (TPSA) is 33.3 Å². The third-order valence-corrected chi connectivity index (χ3v) is 3.87. The molecule has 0 aromatic heterocycles. The molecular weight excluding hydrogens is 219 g/mol. The summed E-state index contributed by atoms with van der Waals surface area (Å²) in [5, 5.41) is 6.80. The molecular formula is C13H17FN2O. The van der Waals surface area contributed by atoms with Crippen molar-refractivity contribution < 1.29 is 9.13 Å². The lowest BCUT2D eigenvalue weighted by molar-refractivity contribution is 0.164. The zero-order valence-corrected chi connectivity index (χ0v) is 10.1. The molecule has 2 heterocycles. The van der Waals surface area contributed by atoms with E-state index in [1.54, 1.807) is 13.0 Å². The van der Waals surface area contributed by atoms with Gasteiger partial charge in [0.2, 0.25) is 0 Å². The smallest absolute Gasteiger partial charge is 0.128 e. The summed E-state index contributed by atoms with van der Waals surface area (Å²) >= 11 is 0. The molecule has 4 heteroatoms. The summed E-state index contributed by atoms with van der Waals surface area (Å²) < 4.78 is 19.1. The SMILES string of the molecule is Cc1cc2c(cc1F)NCC1(C)COCC1N2. The Morgan fingerprint density at radius 3 is 3.06 bits per heavy atom. The van der Waals surface area contributed by atoms with E-state index >= 15 is 0 Å². The van der Waals surface area contributed by atoms with Crippen molar-refractivity contribution in [3.8, 4) is 0 Å². The second-order valence-electron chi connectivity index (χ2n) is 5.37. The molecule has 2 aliphatic rings. The maximum Gasteiger partial charge on any atom is 0.128 e. The van der Waals surface area contributed by atoms with Crippen LogP contribution in [0.5, 0.6) is 0 Å². The highest BCUT2D eigenvalue weighted by molar-refractivity contribution is 5.71. The Labute approximate surface area is 100 Å². The van der Waals surface area contributed by atoms with Crippen molar-refractivity contribution in [1.29, 1.82) is 0 Å². The first-order valence-electron chi connectivity index (χ1n) is 5.97. The number of fused-ring (bicyclic) bond motifs is 2. The molecule has 1 aromatic rings. The lowest BCUT2D eigenvalue weighted by atomic mass is 9.85. The number of aryl methyl sites for hydroxylation is 1. The van der Waals surface area contributed by atoms with Crippen molar-refractivity contribution in [3.05, 3.63) is 23.5 Å². The average molecular weight is 236 g/mol. The van der Waals surface area contributed by atoms with Crippen LogP contribution >= 0.6 is 0 Å². The molecule has 0 aliphatic carbocycles. The number of hydrogen-bond donors (Lipinski definition) is 2. The van der Waals surface area contributed by atoms with Gasteiger partial charge in [-0.05, 0) is 24.6 Å². The number of benzene rings is 1. The molecule has 2 aliphatic heterocycles. The molecule has 3 rings (SSSR count). The van der Waals surface area contributed by atoms with E-state index in [9.17, 15) is 4.39 Å². The number of ether oxygens (including phenoxy) is 1. The maximum absolute atomic E-state index is 13.5. The minimum absolute atomic E-state index is 0.0728. The van der Waals surface area contributed by atoms with Crippen molar-refractivity contribution in [2.24, 2.45) is 5.41 Å². The Kier molecular flexibility index (Phi) is 2.30. The summed E-state index contributed by atoms with van der Waals surface area (Å²) in [4.78, 5) is 0. The largest absolute Gasteiger partial charge is 0.383 e. The van der Waals surface area contributed by atoms with Gasteiger partial charge in [-0.25, -0.2) is 4.39 Å². The van der Waals surface area contributed by atoms with Crippen molar-refractivity contribution in [3.63, 3.8) is 0 Å². The fourth-order valence-electron chi connectivity index (χ4n) is 2.53. The number of hydrogen-bond acceptors (Lipinski definition) is 3. The first kappa shape index (κ1) is 10.8. The van der Waals surface area contributed by atoms with E-state index in [0.29, 0.717) is 18.2 Å². The molecule has 17 heavy (non-hydrogen) atoms. The summed E-state index contributed by atoms with van der Waals surface area (Å²) in [5.41, 5.74) is 2.57. The van der Waals surface area contributed by atoms with Gasteiger partial charge in [0, 0.05) is 12.0 Å². The second kappa shape index (κ2) is 3.60. The van der Waals surface area contributed by atoms with Crippen LogP contribution in [-0.4, -0.2) is 25.8 Å². The number of anilines is 2. The molecule has 0 radical (unpaired) electrons. The summed E-state index contributed by atoms with van der Waals surface area (Å²) in [6.45, 7) is 6.24. The summed E-state index contributed by atoms with van der Waals surface area (Å²) in [5.74, 6) is -0.161. The van der Waals surface area contributed by atoms with E-state index in [2.05, 4.69) is 17.6 Å². The van der Waals surface area contributed by atoms with Crippen LogP contribution in [0, 0.1) is 18.2 Å². The predicted molar refractivity (Wildman–Crippen MR) is 66.0 cm³/mol. The Hall–Kier alpha value is -1.29. The standard InChI is InChI=1S/C13H17FN2O/c1-8-3-11-10(4-9(8)14)15-6-13(2)7-17-5-12(13)16-11/h3-4,12,15-16H,5-7H2,1-2H3. The molecule has 3 nitrogen and oxygen atoms in total. The van der Waals surface area contributed by atoms with Gasteiger partial charge in [0.15, 0.2) is 0 Å². The lowest BCUT2D eigenvalue weighted by Crippen LogP contribution is -2.40. The zero-order valence-electron chi connectivity index (χ0n) is 10.1. The first-order chi connectivity index (χ1) is 8.08. The van der Waals surface area contributed by atoms with E-state index in [1.807, 2.05) is 6.07 Å². The van der Waals surface area contributed by atoms with Gasteiger partial charge in [0.1, 0.15) is 5.82 Å². The normalized spacial score (nSPS) is 30.9. The molecule has 1 fully saturated rings. The second-order valence-corrected chi connectivity index (χ2v) is 5.37. The van der Waals surface area contributed by atoms with Crippen LogP contribution in [0.1, 0.15) is 12.5 Å². The van der Waals surface area contributed by atoms with Gasteiger partial charge < -0.3 is 15.4 Å². The quantitative estimate of drug-likeness (QED) is 0.725. The van der Waals surface area contributed by atoms with Crippen molar-refractivity contribution >= 4 is 11.4 Å². The highest BCUT2D eigenvalue weighted by atomic mass is 19.1. The van der Waals surface area contributed by atoms with E-state index < -0.39 is 0 Å². The first-order valence-corrected chi connectivity index (χ1v) is 5.97. The predicted octanol–water partition coefficient (Wildman–Crippen LogP) is 2.38. The minimum atomic E-state index is -0.161. The van der Waals surface area contributed by atoms with E-state index in [-0.39, 0.29) is 11.2 Å². The van der Waals surface area contributed by atoms with E-state index in [0.717, 1.165) is 24.5 Å². The number of halogens is 1. The van der Waals surface area contributed by atoms with Crippen LogP contribution in [0.3, 0.4) is 0 Å². The monoisotopic (exact) mass is 236 g/mol. The van der Waals surface area contributed by atoms with Crippen molar-refractivity contribution in [2.45, 2.75) is 19.9 Å². The van der Waals surface area contributed by atoms with Gasteiger partial charge in [-0.15, -0.1) is 0 Å². The molecule has 0 bridgehead atoms. The highest BCUT2D eigenvalue weighted by Crippen LogP contribution is 2.37. The molecule has 1 aromatic carbocycles. The molecule has 0 spiro atoms. The van der Waals surface area contributed by atoms with Crippen molar-refractivity contribution in [1.82, 2.24) is 0 Å². The average Bonchev–Trinajstić information content (AvgIpc) is 2.58. The number of rotatable bonds is 0. The van der Waals surface area contributed by atoms with E-state index in [1.165, 1.54) is 0 Å². The third kappa shape index (κ3) is 1.67. The Bertz CT molecular complexity index is 463. The zero-order chi connectivity index (χ0) is 12.0. The highest BCUT2D eigenvalue weighted by Gasteiger charge is 2.41. The Morgan fingerprint density at radius 1 is 1.41 bits per heavy atom. The van der Waals surface area contributed by atoms with Gasteiger partial charge in [-0.3, -0.25) is 0 Å². The van der Waals surface area contributed by atoms with Gasteiger partial charge in [-0.1, -0.05) is 6.92 Å². The van der Waals surface area contributed by atoms with Crippen LogP contribution < -0.4 is 10.6 Å². The van der Waals surface area contributed by atoms with Gasteiger partial charge >= 0.3 is 0 Å². The van der Waals surface area contributed by atoms with Crippen LogP contribution in [0.25, 0.3) is 0 Å². The summed E-state index contributed by atoms with van der Waals surface area (Å²) in [7, 11) is 0. The number of nitrogens with one attached hydrogen (secondary N) is 2. The fourth-order valence-corrected chi connectivity index (χ4v) is 2.53. The van der Waals surface area contributed by atoms with Gasteiger partial charge in [-0.2, -0.15) is 0 Å². The third-order valence-electron chi connectivity index (χ3n) is 3.87. The Balaban J connectivity index is 2.00. The molecule has 2 unspecified atom stereocenters. The molecule has 0 amide bonds. The van der Waals surface area contributed by atoms with Crippen LogP contribution in [0.15, 0.2) is 12.1 Å². The molecule has 92 valence electrons. The Morgan fingerprint density at radius 2 is 2.24 bits per heavy atom. The summed E-state index contributed by atoms with van der Waals surface area (Å²) in [6, 6.07) is 3.73. The minimum Gasteiger partial charge on any atom is -0.383 e. The van der Waals surface area contributed by atoms with Crippen LogP contribution in [0.4, 0.5) is 15.8 Å². The fraction of sp³-hybridized carbons (Fsp3) is 0.538. The van der Waals surface area contributed by atoms with Crippen LogP contribution in [-0.2, 0) is 4.74 Å².